The van der Waals surface area contributed by atoms with Gasteiger partial charge in [-0.3, -0.25) is 9.10 Å². The number of nitrogens with one attached hydrogen (secondary N) is 1. The third kappa shape index (κ3) is 6.62. The zero-order valence-corrected chi connectivity index (χ0v) is 19.8. The summed E-state index contributed by atoms with van der Waals surface area (Å²) in [6, 6.07) is 13.4. The van der Waals surface area contributed by atoms with Gasteiger partial charge in [-0.2, -0.15) is 0 Å². The van der Waals surface area contributed by atoms with Crippen LogP contribution in [0.1, 0.15) is 33.3 Å². The number of rotatable bonds is 9. The van der Waals surface area contributed by atoms with Crippen molar-refractivity contribution in [2.24, 2.45) is 0 Å². The normalized spacial score (nSPS) is 12.7. The molecule has 31 heavy (non-hydrogen) atoms. The van der Waals surface area contributed by atoms with E-state index in [2.05, 4.69) is 26.1 Å². The Balaban J connectivity index is 2.02. The summed E-state index contributed by atoms with van der Waals surface area (Å²) >= 11 is 0. The monoisotopic (exact) mass is 448 g/mol. The molecule has 170 valence electrons. The molecule has 0 aliphatic heterocycles. The Hall–Kier alpha value is -2.74. The van der Waals surface area contributed by atoms with Gasteiger partial charge >= 0.3 is 0 Å². The summed E-state index contributed by atoms with van der Waals surface area (Å²) in [5, 5.41) is 2.76. The number of hydrogen-bond acceptors (Lipinski definition) is 5. The molecule has 0 fully saturated rings. The number of benzene rings is 2. The minimum absolute atomic E-state index is 0.0668. The molecule has 0 radical (unpaired) electrons. The van der Waals surface area contributed by atoms with Gasteiger partial charge in [0.2, 0.25) is 15.9 Å². The first-order valence-corrected chi connectivity index (χ1v) is 11.9. The molecule has 0 aliphatic rings. The second-order valence-electron chi connectivity index (χ2n) is 8.32. The van der Waals surface area contributed by atoms with Crippen molar-refractivity contribution in [3.8, 4) is 11.5 Å². The number of amides is 1. The molecule has 0 heterocycles. The lowest BCUT2D eigenvalue weighted by Gasteiger charge is -2.28. The highest BCUT2D eigenvalue weighted by atomic mass is 32.2. The fraction of sp³-hybridized carbons (Fsp3) is 0.435. The quantitative estimate of drug-likeness (QED) is 0.595. The van der Waals surface area contributed by atoms with Crippen LogP contribution in [0.4, 0.5) is 5.69 Å². The SMILES string of the molecule is COc1ccc(N([C@H](C)C(=O)NCCOc2ccccc2C(C)(C)C)S(C)(=O)=O)cc1. The largest absolute Gasteiger partial charge is 0.497 e. The molecule has 2 rings (SSSR count). The number of anilines is 1. The lowest BCUT2D eigenvalue weighted by molar-refractivity contribution is -0.121. The zero-order valence-electron chi connectivity index (χ0n) is 19.0. The summed E-state index contributed by atoms with van der Waals surface area (Å²) in [5.74, 6) is 0.962. The van der Waals surface area contributed by atoms with E-state index in [1.165, 1.54) is 7.11 Å². The number of carbonyl (C=O) groups excluding carboxylic acids is 1. The summed E-state index contributed by atoms with van der Waals surface area (Å²) < 4.78 is 36.8. The van der Waals surface area contributed by atoms with Crippen molar-refractivity contribution in [2.75, 3.05) is 30.8 Å². The third-order valence-corrected chi connectivity index (χ3v) is 6.01. The van der Waals surface area contributed by atoms with Gasteiger partial charge in [-0.05, 0) is 48.2 Å². The van der Waals surface area contributed by atoms with Crippen LogP contribution in [-0.2, 0) is 20.2 Å². The first-order chi connectivity index (χ1) is 14.4. The van der Waals surface area contributed by atoms with Crippen LogP contribution in [0, 0.1) is 0 Å². The Kier molecular flexibility index (Phi) is 7.95. The number of para-hydroxylation sites is 1. The summed E-state index contributed by atoms with van der Waals surface area (Å²) in [4.78, 5) is 12.7. The van der Waals surface area contributed by atoms with E-state index in [1.807, 2.05) is 24.3 Å². The van der Waals surface area contributed by atoms with Crippen LogP contribution < -0.4 is 19.1 Å². The van der Waals surface area contributed by atoms with Gasteiger partial charge in [-0.15, -0.1) is 0 Å². The van der Waals surface area contributed by atoms with E-state index in [-0.39, 0.29) is 18.6 Å². The van der Waals surface area contributed by atoms with Gasteiger partial charge in [0.15, 0.2) is 0 Å². The fourth-order valence-electron chi connectivity index (χ4n) is 3.23. The van der Waals surface area contributed by atoms with Crippen molar-refractivity contribution in [3.63, 3.8) is 0 Å². The summed E-state index contributed by atoms with van der Waals surface area (Å²) in [6.45, 7) is 8.40. The number of hydrogen-bond donors (Lipinski definition) is 1. The highest BCUT2D eigenvalue weighted by molar-refractivity contribution is 7.92. The minimum atomic E-state index is -3.68. The van der Waals surface area contributed by atoms with Crippen molar-refractivity contribution >= 4 is 21.6 Å². The van der Waals surface area contributed by atoms with E-state index >= 15 is 0 Å². The van der Waals surface area contributed by atoms with Crippen LogP contribution in [0.5, 0.6) is 11.5 Å². The standard InChI is InChI=1S/C23H32N2O5S/c1-17(25(31(6,27)28)18-11-13-19(29-5)14-12-18)22(26)24-15-16-30-21-10-8-7-9-20(21)23(2,3)4/h7-14,17H,15-16H2,1-6H3,(H,24,26)/t17-/m1/s1. The molecule has 2 aromatic carbocycles. The summed E-state index contributed by atoms with van der Waals surface area (Å²) in [5.41, 5.74) is 1.40. The molecule has 1 atom stereocenters. The van der Waals surface area contributed by atoms with E-state index in [9.17, 15) is 13.2 Å². The van der Waals surface area contributed by atoms with Crippen LogP contribution in [0.15, 0.2) is 48.5 Å². The lowest BCUT2D eigenvalue weighted by Crippen LogP contribution is -2.48. The smallest absolute Gasteiger partial charge is 0.243 e. The molecule has 2 aromatic rings. The van der Waals surface area contributed by atoms with Crippen molar-refractivity contribution in [1.29, 1.82) is 0 Å². The van der Waals surface area contributed by atoms with Gasteiger partial charge in [0.1, 0.15) is 24.1 Å². The molecule has 0 bridgehead atoms. The highest BCUT2D eigenvalue weighted by Crippen LogP contribution is 2.30. The molecule has 0 aromatic heterocycles. The molecule has 1 N–H and O–H groups in total. The van der Waals surface area contributed by atoms with Crippen LogP contribution in [0.25, 0.3) is 0 Å². The first-order valence-electron chi connectivity index (χ1n) is 10.1. The predicted octanol–water partition coefficient (Wildman–Crippen LogP) is 3.34. The molecular formula is C23H32N2O5S. The average Bonchev–Trinajstić information content (AvgIpc) is 2.70. The number of ether oxygens (including phenoxy) is 2. The fourth-order valence-corrected chi connectivity index (χ4v) is 4.41. The van der Waals surface area contributed by atoms with Crippen molar-refractivity contribution in [2.45, 2.75) is 39.2 Å². The molecule has 0 saturated carbocycles. The molecule has 0 aliphatic carbocycles. The van der Waals surface area contributed by atoms with Gasteiger partial charge < -0.3 is 14.8 Å². The maximum Gasteiger partial charge on any atom is 0.243 e. The van der Waals surface area contributed by atoms with Crippen molar-refractivity contribution in [1.82, 2.24) is 5.32 Å². The van der Waals surface area contributed by atoms with E-state index in [0.717, 1.165) is 21.9 Å². The molecule has 0 spiro atoms. The molecule has 8 heteroatoms. The predicted molar refractivity (Wildman–Crippen MR) is 123 cm³/mol. The molecule has 0 unspecified atom stereocenters. The first kappa shape index (κ1) is 24.5. The van der Waals surface area contributed by atoms with Gasteiger partial charge in [-0.25, -0.2) is 8.42 Å². The second kappa shape index (κ2) is 10.0. The van der Waals surface area contributed by atoms with Crippen molar-refractivity contribution < 1.29 is 22.7 Å². The van der Waals surface area contributed by atoms with Crippen LogP contribution in [-0.4, -0.2) is 46.9 Å². The van der Waals surface area contributed by atoms with Crippen LogP contribution in [0.3, 0.4) is 0 Å². The number of sulfonamides is 1. The molecular weight excluding hydrogens is 416 g/mol. The lowest BCUT2D eigenvalue weighted by atomic mass is 9.86. The maximum absolute atomic E-state index is 12.7. The maximum atomic E-state index is 12.7. The van der Waals surface area contributed by atoms with Gasteiger partial charge in [0.05, 0.1) is 25.6 Å². The number of methoxy groups -OCH3 is 1. The van der Waals surface area contributed by atoms with E-state index in [1.54, 1.807) is 31.2 Å². The third-order valence-electron chi connectivity index (χ3n) is 4.77. The van der Waals surface area contributed by atoms with Gasteiger partial charge in [0, 0.05) is 0 Å². The van der Waals surface area contributed by atoms with Gasteiger partial charge in [-0.1, -0.05) is 39.0 Å². The Morgan fingerprint density at radius 3 is 2.26 bits per heavy atom. The van der Waals surface area contributed by atoms with Crippen molar-refractivity contribution in [3.05, 3.63) is 54.1 Å². The summed E-state index contributed by atoms with van der Waals surface area (Å²) in [6.07, 6.45) is 1.08. The molecule has 7 nitrogen and oxygen atoms in total. The zero-order chi connectivity index (χ0) is 23.2. The molecule has 1 amide bonds. The average molecular weight is 449 g/mol. The molecule has 0 saturated heterocycles. The van der Waals surface area contributed by atoms with E-state index in [0.29, 0.717) is 11.4 Å². The van der Waals surface area contributed by atoms with E-state index in [4.69, 9.17) is 9.47 Å². The Bertz CT molecular complexity index is 982. The highest BCUT2D eigenvalue weighted by Gasteiger charge is 2.29. The minimum Gasteiger partial charge on any atom is -0.497 e. The van der Waals surface area contributed by atoms with E-state index < -0.39 is 22.0 Å². The number of nitrogens with zero attached hydrogens (tertiary/aromatic N) is 1. The van der Waals surface area contributed by atoms with Crippen LogP contribution >= 0.6 is 0 Å². The van der Waals surface area contributed by atoms with Crippen LogP contribution in [0.2, 0.25) is 0 Å². The number of carbonyl (C=O) groups is 1. The Morgan fingerprint density at radius 2 is 1.71 bits per heavy atom. The second-order valence-corrected chi connectivity index (χ2v) is 10.2. The Labute approximate surface area is 185 Å². The topological polar surface area (TPSA) is 84.9 Å². The summed E-state index contributed by atoms with van der Waals surface area (Å²) in [7, 11) is -2.15. The van der Waals surface area contributed by atoms with Gasteiger partial charge in [0.25, 0.3) is 0 Å². The Morgan fingerprint density at radius 1 is 1.10 bits per heavy atom.